The smallest absolute Gasteiger partial charge is 0.173 e. The number of methoxy groups -OCH3 is 2. The number of benzene rings is 1. The SMILES string of the molecule is COC1=C2Oc3c(OC)ccc4c3[C@@]23CCN(C)[C@@H](C4)C3=C[C@@H]1C(C)(C)O. The van der Waals surface area contributed by atoms with E-state index in [-0.39, 0.29) is 11.3 Å². The molecule has 2 heterocycles. The molecule has 2 aliphatic carbocycles. The third-order valence-electron chi connectivity index (χ3n) is 6.92. The Kier molecular flexibility index (Phi) is 3.36. The van der Waals surface area contributed by atoms with E-state index in [0.29, 0.717) is 6.04 Å². The highest BCUT2D eigenvalue weighted by Crippen LogP contribution is 2.64. The van der Waals surface area contributed by atoms with Gasteiger partial charge in [0.15, 0.2) is 17.3 Å². The maximum Gasteiger partial charge on any atom is 0.173 e. The first-order chi connectivity index (χ1) is 12.8. The van der Waals surface area contributed by atoms with Crippen molar-refractivity contribution in [2.75, 3.05) is 27.8 Å². The van der Waals surface area contributed by atoms with Crippen molar-refractivity contribution in [3.63, 3.8) is 0 Å². The second-order valence-electron chi connectivity index (χ2n) is 8.74. The van der Waals surface area contributed by atoms with Gasteiger partial charge in [0.25, 0.3) is 0 Å². The Morgan fingerprint density at radius 2 is 2.04 bits per heavy atom. The summed E-state index contributed by atoms with van der Waals surface area (Å²) in [5.41, 5.74) is 2.69. The summed E-state index contributed by atoms with van der Waals surface area (Å²) in [4.78, 5) is 2.43. The highest BCUT2D eigenvalue weighted by Gasteiger charge is 2.61. The van der Waals surface area contributed by atoms with E-state index in [1.165, 1.54) is 16.7 Å². The van der Waals surface area contributed by atoms with E-state index in [4.69, 9.17) is 14.2 Å². The summed E-state index contributed by atoms with van der Waals surface area (Å²) in [5, 5.41) is 10.9. The zero-order valence-corrected chi connectivity index (χ0v) is 16.6. The fraction of sp³-hybridized carbons (Fsp3) is 0.545. The predicted octanol–water partition coefficient (Wildman–Crippen LogP) is 2.77. The van der Waals surface area contributed by atoms with Gasteiger partial charge < -0.3 is 19.3 Å². The molecule has 0 amide bonds. The van der Waals surface area contributed by atoms with E-state index >= 15 is 0 Å². The van der Waals surface area contributed by atoms with E-state index < -0.39 is 5.60 Å². The molecule has 1 spiro atoms. The lowest BCUT2D eigenvalue weighted by molar-refractivity contribution is 0.0196. The largest absolute Gasteiger partial charge is 0.497 e. The summed E-state index contributed by atoms with van der Waals surface area (Å²) in [7, 11) is 5.55. The normalized spacial score (nSPS) is 31.3. The maximum absolute atomic E-state index is 10.9. The van der Waals surface area contributed by atoms with E-state index in [0.717, 1.165) is 42.4 Å². The topological polar surface area (TPSA) is 51.2 Å². The van der Waals surface area contributed by atoms with Gasteiger partial charge in [-0.05, 0) is 50.9 Å². The number of allylic oxidation sites excluding steroid dienone is 1. The molecule has 5 heteroatoms. The Balaban J connectivity index is 1.86. The van der Waals surface area contributed by atoms with Crippen molar-refractivity contribution in [3.05, 3.63) is 46.4 Å². The van der Waals surface area contributed by atoms with Crippen molar-refractivity contribution in [2.45, 2.75) is 43.7 Å². The molecule has 0 unspecified atom stereocenters. The van der Waals surface area contributed by atoms with E-state index in [2.05, 4.69) is 24.1 Å². The van der Waals surface area contributed by atoms with Crippen molar-refractivity contribution in [2.24, 2.45) is 5.92 Å². The van der Waals surface area contributed by atoms with Gasteiger partial charge in [-0.3, -0.25) is 4.90 Å². The molecule has 0 radical (unpaired) electrons. The van der Waals surface area contributed by atoms with Gasteiger partial charge in [-0.15, -0.1) is 0 Å². The van der Waals surface area contributed by atoms with Crippen LogP contribution < -0.4 is 9.47 Å². The number of likely N-dealkylation sites (N-methyl/N-ethyl adjacent to an activating group) is 1. The molecule has 27 heavy (non-hydrogen) atoms. The van der Waals surface area contributed by atoms with Crippen LogP contribution in [0, 0.1) is 5.92 Å². The van der Waals surface area contributed by atoms with Crippen molar-refractivity contribution in [3.8, 4) is 11.5 Å². The highest BCUT2D eigenvalue weighted by atomic mass is 16.5. The van der Waals surface area contributed by atoms with Crippen LogP contribution in [0.25, 0.3) is 0 Å². The average Bonchev–Trinajstić information content (AvgIpc) is 2.97. The monoisotopic (exact) mass is 369 g/mol. The second kappa shape index (κ2) is 5.30. The first-order valence-corrected chi connectivity index (χ1v) is 9.64. The summed E-state index contributed by atoms with van der Waals surface area (Å²) in [5.74, 6) is 2.94. The number of hydrogen-bond donors (Lipinski definition) is 1. The van der Waals surface area contributed by atoms with Gasteiger partial charge in [0.2, 0.25) is 0 Å². The lowest BCUT2D eigenvalue weighted by atomic mass is 9.57. The fourth-order valence-corrected chi connectivity index (χ4v) is 5.62. The number of piperidine rings is 1. The summed E-state index contributed by atoms with van der Waals surface area (Å²) in [6.07, 6.45) is 4.15. The summed E-state index contributed by atoms with van der Waals surface area (Å²) in [6.45, 7) is 4.67. The van der Waals surface area contributed by atoms with Crippen LogP contribution in [0.15, 0.2) is 35.3 Å². The average molecular weight is 369 g/mol. The zero-order chi connectivity index (χ0) is 19.1. The van der Waals surface area contributed by atoms with E-state index in [1.807, 2.05) is 19.9 Å². The van der Waals surface area contributed by atoms with Crippen molar-refractivity contribution >= 4 is 0 Å². The molecule has 1 N–H and O–H groups in total. The minimum absolute atomic E-state index is 0.239. The first kappa shape index (κ1) is 17.1. The lowest BCUT2D eigenvalue weighted by Crippen LogP contribution is -2.56. The maximum atomic E-state index is 10.9. The van der Waals surface area contributed by atoms with Crippen LogP contribution in [-0.2, 0) is 16.6 Å². The Morgan fingerprint density at radius 1 is 1.26 bits per heavy atom. The molecule has 0 aromatic heterocycles. The van der Waals surface area contributed by atoms with Crippen LogP contribution >= 0.6 is 0 Å². The van der Waals surface area contributed by atoms with Crippen molar-refractivity contribution in [1.82, 2.24) is 4.90 Å². The predicted molar refractivity (Wildman–Crippen MR) is 102 cm³/mol. The van der Waals surface area contributed by atoms with Gasteiger partial charge in [0, 0.05) is 18.2 Å². The molecule has 0 saturated carbocycles. The number of likely N-dealkylation sites (tertiary alicyclic amines) is 1. The van der Waals surface area contributed by atoms with E-state index in [9.17, 15) is 5.11 Å². The van der Waals surface area contributed by atoms with Crippen LogP contribution in [-0.4, -0.2) is 49.5 Å². The molecule has 4 aliphatic rings. The molecular formula is C22H27NO4. The molecule has 144 valence electrons. The summed E-state index contributed by atoms with van der Waals surface area (Å²) >= 11 is 0. The highest BCUT2D eigenvalue weighted by molar-refractivity contribution is 5.70. The molecule has 1 aromatic rings. The molecule has 2 aliphatic heterocycles. The van der Waals surface area contributed by atoms with Gasteiger partial charge in [-0.1, -0.05) is 12.1 Å². The molecule has 1 aromatic carbocycles. The molecular weight excluding hydrogens is 342 g/mol. The Morgan fingerprint density at radius 3 is 2.70 bits per heavy atom. The van der Waals surface area contributed by atoms with Gasteiger partial charge in [-0.25, -0.2) is 0 Å². The second-order valence-corrected chi connectivity index (χ2v) is 8.74. The minimum Gasteiger partial charge on any atom is -0.497 e. The lowest BCUT2D eigenvalue weighted by Gasteiger charge is -2.52. The molecule has 1 fully saturated rings. The third-order valence-corrected chi connectivity index (χ3v) is 6.92. The van der Waals surface area contributed by atoms with Crippen molar-refractivity contribution in [1.29, 1.82) is 0 Å². The van der Waals surface area contributed by atoms with E-state index in [1.54, 1.807) is 14.2 Å². The zero-order valence-electron chi connectivity index (χ0n) is 16.6. The third kappa shape index (κ3) is 1.96. The molecule has 3 atom stereocenters. The Hall–Kier alpha value is -1.98. The molecule has 5 nitrogen and oxygen atoms in total. The first-order valence-electron chi connectivity index (χ1n) is 9.64. The van der Waals surface area contributed by atoms with Crippen LogP contribution in [0.4, 0.5) is 0 Å². The van der Waals surface area contributed by atoms with Gasteiger partial charge >= 0.3 is 0 Å². The summed E-state index contributed by atoms with van der Waals surface area (Å²) in [6, 6.07) is 4.50. The van der Waals surface area contributed by atoms with Gasteiger partial charge in [-0.2, -0.15) is 0 Å². The van der Waals surface area contributed by atoms with Crippen LogP contribution in [0.3, 0.4) is 0 Å². The van der Waals surface area contributed by atoms with Crippen LogP contribution in [0.2, 0.25) is 0 Å². The summed E-state index contributed by atoms with van der Waals surface area (Å²) < 4.78 is 18.0. The molecule has 5 rings (SSSR count). The molecule has 1 saturated heterocycles. The number of ether oxygens (including phenoxy) is 3. The van der Waals surface area contributed by atoms with Gasteiger partial charge in [0.1, 0.15) is 5.76 Å². The van der Waals surface area contributed by atoms with Crippen LogP contribution in [0.1, 0.15) is 31.4 Å². The van der Waals surface area contributed by atoms with Crippen LogP contribution in [0.5, 0.6) is 11.5 Å². The molecule has 2 bridgehead atoms. The fourth-order valence-electron chi connectivity index (χ4n) is 5.62. The number of hydrogen-bond acceptors (Lipinski definition) is 5. The standard InChI is InChI=1S/C22H27NO4/c1-21(2,24)14-11-13-15-10-12-6-7-16(25-4)19-17(12)22(13,8-9-23(15)3)20(27-19)18(14)26-5/h6-7,11,14-15,24H,8-10H2,1-5H3/t14-,15-,22-/m0/s1. The minimum atomic E-state index is -0.942. The Labute approximate surface area is 160 Å². The number of nitrogens with zero attached hydrogens (tertiary/aromatic N) is 1. The number of rotatable bonds is 3. The quantitative estimate of drug-likeness (QED) is 0.831. The van der Waals surface area contributed by atoms with Crippen molar-refractivity contribution < 1.29 is 19.3 Å². The van der Waals surface area contributed by atoms with Gasteiger partial charge in [0.05, 0.1) is 31.2 Å². The number of aliphatic hydroxyl groups is 1. The Bertz CT molecular complexity index is 894.